The summed E-state index contributed by atoms with van der Waals surface area (Å²) in [5.41, 5.74) is 7.02. The van der Waals surface area contributed by atoms with E-state index in [-0.39, 0.29) is 0 Å². The van der Waals surface area contributed by atoms with Gasteiger partial charge < -0.3 is 9.72 Å². The van der Waals surface area contributed by atoms with Crippen molar-refractivity contribution in [3.8, 4) is 0 Å². The zero-order valence-electron chi connectivity index (χ0n) is 14.8. The Morgan fingerprint density at radius 1 is 1.31 bits per heavy atom. The van der Waals surface area contributed by atoms with E-state index in [2.05, 4.69) is 42.3 Å². The second-order valence-corrected chi connectivity index (χ2v) is 7.33. The highest BCUT2D eigenvalue weighted by Gasteiger charge is 2.17. The zero-order chi connectivity index (χ0) is 17.9. The second-order valence-electron chi connectivity index (χ2n) is 6.22. The highest BCUT2D eigenvalue weighted by atomic mass is 32.1. The predicted molar refractivity (Wildman–Crippen MR) is 103 cm³/mol. The van der Waals surface area contributed by atoms with E-state index in [1.165, 1.54) is 10.4 Å². The van der Waals surface area contributed by atoms with Crippen molar-refractivity contribution in [3.63, 3.8) is 0 Å². The van der Waals surface area contributed by atoms with Crippen molar-refractivity contribution < 1.29 is 4.74 Å². The quantitative estimate of drug-likeness (QED) is 0.528. The van der Waals surface area contributed by atoms with Gasteiger partial charge in [-0.1, -0.05) is 0 Å². The first-order chi connectivity index (χ1) is 12.7. The molecule has 0 unspecified atom stereocenters. The fourth-order valence-corrected chi connectivity index (χ4v) is 4.16. The molecule has 4 rings (SSSR count). The van der Waals surface area contributed by atoms with Crippen molar-refractivity contribution in [2.24, 2.45) is 5.10 Å². The number of hydrazone groups is 1. The maximum Gasteiger partial charge on any atom is 0.167 e. The predicted octanol–water partition coefficient (Wildman–Crippen LogP) is 2.31. The Bertz CT molecular complexity index is 926. The van der Waals surface area contributed by atoms with Crippen LogP contribution in [0, 0.1) is 13.8 Å². The van der Waals surface area contributed by atoms with Gasteiger partial charge in [0.15, 0.2) is 5.82 Å². The van der Waals surface area contributed by atoms with Crippen molar-refractivity contribution in [1.29, 1.82) is 0 Å². The first-order valence-electron chi connectivity index (χ1n) is 8.54. The van der Waals surface area contributed by atoms with Gasteiger partial charge in [-0.05, 0) is 19.4 Å². The summed E-state index contributed by atoms with van der Waals surface area (Å²) in [5.74, 6) is 0.723. The van der Waals surface area contributed by atoms with E-state index in [1.807, 2.05) is 6.92 Å². The average molecular weight is 371 g/mol. The first-order valence-corrected chi connectivity index (χ1v) is 9.36. The Balaban J connectivity index is 1.56. The number of morpholine rings is 1. The van der Waals surface area contributed by atoms with Crippen LogP contribution in [0.5, 0.6) is 0 Å². The molecule has 0 atom stereocenters. The van der Waals surface area contributed by atoms with E-state index in [0.717, 1.165) is 60.3 Å². The average Bonchev–Trinajstić information content (AvgIpc) is 3.21. The van der Waals surface area contributed by atoms with E-state index in [9.17, 15) is 0 Å². The number of hydrogen-bond donors (Lipinski definition) is 2. The van der Waals surface area contributed by atoms with Crippen LogP contribution in [0.4, 0.5) is 5.82 Å². The first kappa shape index (κ1) is 17.1. The molecule has 26 heavy (non-hydrogen) atoms. The van der Waals surface area contributed by atoms with Gasteiger partial charge in [0.1, 0.15) is 12.0 Å². The van der Waals surface area contributed by atoms with Crippen molar-refractivity contribution in [1.82, 2.24) is 24.8 Å². The van der Waals surface area contributed by atoms with Crippen molar-refractivity contribution in [2.45, 2.75) is 20.4 Å². The molecule has 1 fully saturated rings. The zero-order valence-corrected chi connectivity index (χ0v) is 15.6. The molecule has 0 amide bonds. The van der Waals surface area contributed by atoms with Crippen LogP contribution in [0.15, 0.2) is 17.8 Å². The lowest BCUT2D eigenvalue weighted by atomic mass is 10.2. The number of fused-ring (bicyclic) bond motifs is 1. The minimum absolute atomic E-state index is 0.723. The van der Waals surface area contributed by atoms with Crippen LogP contribution in [0.3, 0.4) is 0 Å². The fourth-order valence-electron chi connectivity index (χ4n) is 2.92. The van der Waals surface area contributed by atoms with Crippen LogP contribution in [0.25, 0.3) is 10.2 Å². The van der Waals surface area contributed by atoms with Gasteiger partial charge in [0.25, 0.3) is 0 Å². The summed E-state index contributed by atoms with van der Waals surface area (Å²) in [4.78, 5) is 19.8. The van der Waals surface area contributed by atoms with Gasteiger partial charge in [-0.15, -0.1) is 11.3 Å². The summed E-state index contributed by atoms with van der Waals surface area (Å²) >= 11 is 1.73. The third-order valence-corrected chi connectivity index (χ3v) is 5.77. The molecule has 8 nitrogen and oxygen atoms in total. The number of thiophene rings is 1. The maximum atomic E-state index is 5.44. The Morgan fingerprint density at radius 2 is 2.15 bits per heavy atom. The minimum atomic E-state index is 0.723. The number of aromatic nitrogens is 4. The molecule has 1 aliphatic rings. The van der Waals surface area contributed by atoms with Gasteiger partial charge in [0.05, 0.1) is 36.0 Å². The smallest absolute Gasteiger partial charge is 0.167 e. The van der Waals surface area contributed by atoms with Gasteiger partial charge in [-0.25, -0.2) is 15.0 Å². The van der Waals surface area contributed by atoms with E-state index < -0.39 is 0 Å². The molecular weight excluding hydrogens is 350 g/mol. The molecule has 2 N–H and O–H groups in total. The molecule has 0 spiro atoms. The number of nitrogens with zero attached hydrogens (tertiary/aromatic N) is 5. The summed E-state index contributed by atoms with van der Waals surface area (Å²) in [7, 11) is 0. The number of aromatic amines is 1. The van der Waals surface area contributed by atoms with Crippen LogP contribution in [0.2, 0.25) is 0 Å². The summed E-state index contributed by atoms with van der Waals surface area (Å²) in [6.07, 6.45) is 4.92. The van der Waals surface area contributed by atoms with Crippen LogP contribution < -0.4 is 5.43 Å². The molecule has 0 bridgehead atoms. The van der Waals surface area contributed by atoms with Crippen LogP contribution in [-0.2, 0) is 11.3 Å². The minimum Gasteiger partial charge on any atom is -0.379 e. The van der Waals surface area contributed by atoms with E-state index in [0.29, 0.717) is 0 Å². The van der Waals surface area contributed by atoms with Crippen LogP contribution >= 0.6 is 11.3 Å². The molecule has 0 saturated carbocycles. The maximum absolute atomic E-state index is 5.44. The monoisotopic (exact) mass is 371 g/mol. The molecule has 1 aliphatic heterocycles. The number of nitrogens with one attached hydrogen (secondary N) is 2. The van der Waals surface area contributed by atoms with Gasteiger partial charge in [0, 0.05) is 30.2 Å². The molecule has 9 heteroatoms. The Hall–Kier alpha value is -2.36. The van der Waals surface area contributed by atoms with Gasteiger partial charge in [-0.3, -0.25) is 10.3 Å². The highest BCUT2D eigenvalue weighted by molar-refractivity contribution is 7.19. The molecular formula is C17H21N7OS. The number of H-pyrrole nitrogens is 1. The normalized spacial score (nSPS) is 15.9. The summed E-state index contributed by atoms with van der Waals surface area (Å²) < 4.78 is 6.47. The molecule has 0 aliphatic carbocycles. The largest absolute Gasteiger partial charge is 0.379 e. The summed E-state index contributed by atoms with van der Waals surface area (Å²) in [6.45, 7) is 8.55. The van der Waals surface area contributed by atoms with Gasteiger partial charge >= 0.3 is 0 Å². The Morgan fingerprint density at radius 3 is 2.92 bits per heavy atom. The van der Waals surface area contributed by atoms with Gasteiger partial charge in [-0.2, -0.15) is 5.10 Å². The Kier molecular flexibility index (Phi) is 4.91. The van der Waals surface area contributed by atoms with Crippen molar-refractivity contribution >= 4 is 33.6 Å². The number of anilines is 1. The number of imidazole rings is 1. The molecule has 1 saturated heterocycles. The third-order valence-electron chi connectivity index (χ3n) is 4.50. The van der Waals surface area contributed by atoms with Gasteiger partial charge in [0.2, 0.25) is 0 Å². The third kappa shape index (κ3) is 3.46. The second kappa shape index (κ2) is 7.48. The SMILES string of the molecule is Cc1[nH]cnc1C=NNc1ncnc2c(C)c(CN3CCOCC3)sc12. The number of ether oxygens (including phenoxy) is 1. The van der Waals surface area contributed by atoms with E-state index >= 15 is 0 Å². The summed E-state index contributed by atoms with van der Waals surface area (Å²) in [6, 6.07) is 0. The molecule has 0 aromatic carbocycles. The fraction of sp³-hybridized carbons (Fsp3) is 0.412. The molecule has 3 aromatic heterocycles. The number of aryl methyl sites for hydroxylation is 2. The number of hydrogen-bond acceptors (Lipinski definition) is 8. The van der Waals surface area contributed by atoms with Crippen molar-refractivity contribution in [3.05, 3.63) is 34.5 Å². The summed E-state index contributed by atoms with van der Waals surface area (Å²) in [5, 5.41) is 4.28. The van der Waals surface area contributed by atoms with Crippen LogP contribution in [0.1, 0.15) is 21.8 Å². The lowest BCUT2D eigenvalue weighted by Crippen LogP contribution is -2.35. The van der Waals surface area contributed by atoms with Crippen molar-refractivity contribution in [2.75, 3.05) is 31.7 Å². The topological polar surface area (TPSA) is 91.3 Å². The standard InChI is InChI=1S/C17H21N7OS/c1-11-14(8-24-3-5-25-6-4-24)26-16-15(11)20-10-21-17(16)23-22-7-13-12(2)18-9-19-13/h7,9-10H,3-6,8H2,1-2H3,(H,18,19)(H,20,21,23). The molecule has 4 heterocycles. The Labute approximate surface area is 155 Å². The molecule has 0 radical (unpaired) electrons. The molecule has 136 valence electrons. The van der Waals surface area contributed by atoms with E-state index in [1.54, 1.807) is 30.2 Å². The number of rotatable bonds is 5. The van der Waals surface area contributed by atoms with Crippen LogP contribution in [-0.4, -0.2) is 57.4 Å². The lowest BCUT2D eigenvalue weighted by molar-refractivity contribution is 0.0346. The lowest BCUT2D eigenvalue weighted by Gasteiger charge is -2.26. The molecule has 3 aromatic rings. The highest BCUT2D eigenvalue weighted by Crippen LogP contribution is 2.34. The van der Waals surface area contributed by atoms with E-state index in [4.69, 9.17) is 4.74 Å².